The Morgan fingerprint density at radius 1 is 0.969 bits per heavy atom. The van der Waals surface area contributed by atoms with Crippen LogP contribution in [0, 0.1) is 0 Å². The number of para-hydroxylation sites is 1. The first-order valence-electron chi connectivity index (χ1n) is 10.6. The van der Waals surface area contributed by atoms with Gasteiger partial charge in [0.2, 0.25) is 5.16 Å². The van der Waals surface area contributed by atoms with Gasteiger partial charge in [-0.15, -0.1) is 5.10 Å². The van der Waals surface area contributed by atoms with Gasteiger partial charge >= 0.3 is 0 Å². The molecule has 0 spiro atoms. The Morgan fingerprint density at radius 3 is 2.62 bits per heavy atom. The fourth-order valence-corrected chi connectivity index (χ4v) is 4.55. The molecule has 0 saturated heterocycles. The molecular formula is C23H23N7OS. The number of nitrogens with one attached hydrogen (secondary N) is 1. The van der Waals surface area contributed by atoms with Crippen molar-refractivity contribution in [3.8, 4) is 11.4 Å². The fourth-order valence-electron chi connectivity index (χ4n) is 4.11. The van der Waals surface area contributed by atoms with E-state index in [1.165, 1.54) is 11.8 Å². The first-order valence-corrected chi connectivity index (χ1v) is 11.9. The molecule has 0 saturated carbocycles. The molecule has 0 unspecified atom stereocenters. The van der Waals surface area contributed by atoms with Gasteiger partial charge in [-0.1, -0.05) is 42.4 Å². The molecule has 0 aliphatic heterocycles. The van der Waals surface area contributed by atoms with Gasteiger partial charge in [-0.05, 0) is 72.7 Å². The van der Waals surface area contributed by atoms with Crippen LogP contribution in [0.4, 0.5) is 5.69 Å². The van der Waals surface area contributed by atoms with E-state index in [9.17, 15) is 4.79 Å². The molecule has 9 heteroatoms. The molecular weight excluding hydrogens is 422 g/mol. The first kappa shape index (κ1) is 20.4. The summed E-state index contributed by atoms with van der Waals surface area (Å²) in [5.74, 6) is -0.197. The van der Waals surface area contributed by atoms with Crippen molar-refractivity contribution in [2.45, 2.75) is 37.3 Å². The molecule has 2 aromatic carbocycles. The van der Waals surface area contributed by atoms with Crippen LogP contribution < -0.4 is 5.32 Å². The molecule has 1 N–H and O–H groups in total. The number of benzene rings is 2. The number of aromatic nitrogens is 6. The molecule has 1 aliphatic rings. The van der Waals surface area contributed by atoms with Gasteiger partial charge in [0.15, 0.2) is 5.69 Å². The number of hydrogen-bond donors (Lipinski definition) is 1. The molecule has 32 heavy (non-hydrogen) atoms. The Hall–Kier alpha value is -3.46. The van der Waals surface area contributed by atoms with Crippen molar-refractivity contribution in [3.05, 3.63) is 71.5 Å². The number of rotatable bonds is 5. The summed E-state index contributed by atoms with van der Waals surface area (Å²) in [6.07, 6.45) is 7.06. The monoisotopic (exact) mass is 445 g/mol. The minimum atomic E-state index is -0.197. The average molecular weight is 446 g/mol. The quantitative estimate of drug-likeness (QED) is 0.368. The number of carbonyl (C=O) groups excluding carboxylic acids is 1. The maximum Gasteiger partial charge on any atom is 0.276 e. The van der Waals surface area contributed by atoms with E-state index in [1.54, 1.807) is 4.68 Å². The van der Waals surface area contributed by atoms with E-state index in [-0.39, 0.29) is 5.91 Å². The predicted molar refractivity (Wildman–Crippen MR) is 124 cm³/mol. The Morgan fingerprint density at radius 2 is 1.78 bits per heavy atom. The number of carbonyl (C=O) groups is 1. The fraction of sp³-hybridized carbons (Fsp3) is 0.261. The molecule has 162 valence electrons. The molecule has 0 radical (unpaired) electrons. The van der Waals surface area contributed by atoms with Crippen molar-refractivity contribution >= 4 is 23.4 Å². The summed E-state index contributed by atoms with van der Waals surface area (Å²) in [4.78, 5) is 13.3. The molecule has 2 heterocycles. The molecule has 4 aromatic rings. The highest BCUT2D eigenvalue weighted by molar-refractivity contribution is 7.98. The number of anilines is 1. The Bertz CT molecular complexity index is 1250. The van der Waals surface area contributed by atoms with E-state index in [2.05, 4.69) is 20.8 Å². The van der Waals surface area contributed by atoms with Crippen molar-refractivity contribution in [2.75, 3.05) is 11.6 Å². The highest BCUT2D eigenvalue weighted by atomic mass is 32.2. The second-order valence-electron chi connectivity index (χ2n) is 7.66. The van der Waals surface area contributed by atoms with Crippen molar-refractivity contribution in [2.24, 2.45) is 0 Å². The van der Waals surface area contributed by atoms with E-state index in [4.69, 9.17) is 5.10 Å². The highest BCUT2D eigenvalue weighted by Crippen LogP contribution is 2.27. The normalized spacial score (nSPS) is 13.4. The van der Waals surface area contributed by atoms with E-state index in [0.29, 0.717) is 16.5 Å². The molecule has 0 atom stereocenters. The summed E-state index contributed by atoms with van der Waals surface area (Å²) < 4.78 is 3.59. The summed E-state index contributed by atoms with van der Waals surface area (Å²) in [5, 5.41) is 20.3. The maximum atomic E-state index is 13.3. The number of hydrogen-bond acceptors (Lipinski definition) is 6. The van der Waals surface area contributed by atoms with E-state index in [0.717, 1.165) is 54.7 Å². The Balaban J connectivity index is 1.48. The molecule has 5 rings (SSSR count). The predicted octanol–water partition coefficient (Wildman–Crippen LogP) is 4.09. The standard InChI is InChI=1S/C23H23N7OS/c1-32-23-25-27-28-30(23)18-12-8-9-16(15-18)24-22(31)21-19-13-6-3-7-14-20(19)29(26-21)17-10-4-2-5-11-17/h2,4-5,8-12,15H,3,6-7,13-14H2,1H3,(H,24,31). The van der Waals surface area contributed by atoms with Crippen molar-refractivity contribution in [1.82, 2.24) is 30.0 Å². The van der Waals surface area contributed by atoms with Gasteiger partial charge in [0.1, 0.15) is 0 Å². The lowest BCUT2D eigenvalue weighted by Gasteiger charge is -2.08. The van der Waals surface area contributed by atoms with Gasteiger partial charge < -0.3 is 5.32 Å². The molecule has 1 amide bonds. The summed E-state index contributed by atoms with van der Waals surface area (Å²) in [7, 11) is 0. The van der Waals surface area contributed by atoms with Gasteiger partial charge in [-0.2, -0.15) is 9.78 Å². The number of nitrogens with zero attached hydrogens (tertiary/aromatic N) is 6. The minimum absolute atomic E-state index is 0.197. The van der Waals surface area contributed by atoms with Crippen LogP contribution in [0.25, 0.3) is 11.4 Å². The van der Waals surface area contributed by atoms with E-state index in [1.807, 2.05) is 65.5 Å². The van der Waals surface area contributed by atoms with Gasteiger partial charge in [0, 0.05) is 16.9 Å². The van der Waals surface area contributed by atoms with Crippen LogP contribution in [-0.4, -0.2) is 42.2 Å². The zero-order valence-corrected chi connectivity index (χ0v) is 18.5. The highest BCUT2D eigenvalue weighted by Gasteiger charge is 2.25. The van der Waals surface area contributed by atoms with Crippen LogP contribution >= 0.6 is 11.8 Å². The Labute approximate surface area is 190 Å². The van der Waals surface area contributed by atoms with Crippen LogP contribution in [0.1, 0.15) is 41.0 Å². The third-order valence-electron chi connectivity index (χ3n) is 5.62. The summed E-state index contributed by atoms with van der Waals surface area (Å²) in [6.45, 7) is 0. The molecule has 2 aromatic heterocycles. The Kier molecular flexibility index (Phi) is 5.72. The summed E-state index contributed by atoms with van der Waals surface area (Å²) in [6, 6.07) is 17.5. The lowest BCUT2D eigenvalue weighted by atomic mass is 10.1. The molecule has 0 bridgehead atoms. The van der Waals surface area contributed by atoms with Gasteiger partial charge in [-0.25, -0.2) is 4.68 Å². The van der Waals surface area contributed by atoms with E-state index >= 15 is 0 Å². The topological polar surface area (TPSA) is 90.5 Å². The van der Waals surface area contributed by atoms with E-state index < -0.39 is 0 Å². The number of amides is 1. The number of tetrazole rings is 1. The summed E-state index contributed by atoms with van der Waals surface area (Å²) in [5.41, 5.74) is 5.15. The van der Waals surface area contributed by atoms with Gasteiger partial charge in [-0.3, -0.25) is 4.79 Å². The van der Waals surface area contributed by atoms with Crippen LogP contribution in [0.3, 0.4) is 0 Å². The smallest absolute Gasteiger partial charge is 0.276 e. The van der Waals surface area contributed by atoms with Crippen LogP contribution in [-0.2, 0) is 12.8 Å². The number of thioether (sulfide) groups is 1. The summed E-state index contributed by atoms with van der Waals surface area (Å²) >= 11 is 1.46. The minimum Gasteiger partial charge on any atom is -0.321 e. The third kappa shape index (κ3) is 3.91. The largest absolute Gasteiger partial charge is 0.321 e. The average Bonchev–Trinajstić information content (AvgIpc) is 3.38. The second-order valence-corrected chi connectivity index (χ2v) is 8.44. The third-order valence-corrected chi connectivity index (χ3v) is 6.24. The van der Waals surface area contributed by atoms with Crippen LogP contribution in [0.5, 0.6) is 0 Å². The van der Waals surface area contributed by atoms with Crippen LogP contribution in [0.2, 0.25) is 0 Å². The molecule has 1 aliphatic carbocycles. The lowest BCUT2D eigenvalue weighted by Crippen LogP contribution is -2.15. The van der Waals surface area contributed by atoms with Gasteiger partial charge in [0.25, 0.3) is 5.91 Å². The second kappa shape index (κ2) is 8.96. The number of fused-ring (bicyclic) bond motifs is 1. The van der Waals surface area contributed by atoms with Crippen molar-refractivity contribution in [1.29, 1.82) is 0 Å². The first-order chi connectivity index (χ1) is 15.7. The van der Waals surface area contributed by atoms with Crippen molar-refractivity contribution < 1.29 is 4.79 Å². The zero-order chi connectivity index (χ0) is 21.9. The zero-order valence-electron chi connectivity index (χ0n) is 17.7. The van der Waals surface area contributed by atoms with Crippen molar-refractivity contribution in [3.63, 3.8) is 0 Å². The lowest BCUT2D eigenvalue weighted by molar-refractivity contribution is 0.102. The van der Waals surface area contributed by atoms with Gasteiger partial charge in [0.05, 0.1) is 11.4 Å². The molecule has 0 fully saturated rings. The van der Waals surface area contributed by atoms with Crippen LogP contribution in [0.15, 0.2) is 59.8 Å². The molecule has 8 nitrogen and oxygen atoms in total. The SMILES string of the molecule is CSc1nnnn1-c1cccc(NC(=O)c2nn(-c3ccccc3)c3c2CCCCC3)c1. The maximum absolute atomic E-state index is 13.3.